The van der Waals surface area contributed by atoms with Crippen LogP contribution in [0, 0.1) is 0 Å². The van der Waals surface area contributed by atoms with Gasteiger partial charge in [0.25, 0.3) is 0 Å². The summed E-state index contributed by atoms with van der Waals surface area (Å²) in [5.74, 6) is 0. The fourth-order valence-electron chi connectivity index (χ4n) is 10.8. The van der Waals surface area contributed by atoms with Crippen molar-refractivity contribution in [2.75, 3.05) is 0 Å². The molecule has 0 unspecified atom stereocenters. The van der Waals surface area contributed by atoms with E-state index in [9.17, 15) is 0 Å². The number of benzene rings is 11. The van der Waals surface area contributed by atoms with E-state index in [0.29, 0.717) is 0 Å². The first-order valence-electron chi connectivity index (χ1n) is 21.0. The van der Waals surface area contributed by atoms with E-state index in [1.165, 1.54) is 120 Å². The van der Waals surface area contributed by atoms with Crippen LogP contribution in [0.25, 0.3) is 120 Å². The molecule has 0 fully saturated rings. The Balaban J connectivity index is 0.921. The highest BCUT2D eigenvalue weighted by molar-refractivity contribution is 6.23. The van der Waals surface area contributed by atoms with Crippen LogP contribution in [-0.4, -0.2) is 0 Å². The van der Waals surface area contributed by atoms with Crippen LogP contribution in [0.15, 0.2) is 199 Å². The molecule has 1 aromatic heterocycles. The third-order valence-electron chi connectivity index (χ3n) is 13.6. The lowest BCUT2D eigenvalue weighted by Gasteiger charge is -2.23. The van der Waals surface area contributed by atoms with Gasteiger partial charge in [-0.05, 0) is 146 Å². The second kappa shape index (κ2) is 12.3. The molecule has 0 saturated carbocycles. The first-order chi connectivity index (χ1) is 29.5. The molecule has 0 bridgehead atoms. The third-order valence-corrected chi connectivity index (χ3v) is 13.6. The Hall–Kier alpha value is -7.48. The average Bonchev–Trinajstić information content (AvgIpc) is 3.79. The van der Waals surface area contributed by atoms with Gasteiger partial charge in [0.1, 0.15) is 11.2 Å². The van der Waals surface area contributed by atoms with Crippen LogP contribution in [0.1, 0.15) is 25.0 Å². The van der Waals surface area contributed by atoms with Gasteiger partial charge in [-0.25, -0.2) is 0 Å². The zero-order valence-corrected chi connectivity index (χ0v) is 33.4. The van der Waals surface area contributed by atoms with Crippen LogP contribution in [0.2, 0.25) is 0 Å². The number of rotatable bonds is 3. The van der Waals surface area contributed by atoms with E-state index >= 15 is 0 Å². The van der Waals surface area contributed by atoms with Gasteiger partial charge in [-0.1, -0.05) is 172 Å². The van der Waals surface area contributed by atoms with E-state index in [1.54, 1.807) is 0 Å². The molecule has 60 heavy (non-hydrogen) atoms. The molecule has 0 saturated heterocycles. The summed E-state index contributed by atoms with van der Waals surface area (Å²) < 4.78 is 6.28. The highest BCUT2D eigenvalue weighted by Crippen LogP contribution is 2.53. The zero-order chi connectivity index (χ0) is 39.7. The number of para-hydroxylation sites is 1. The largest absolute Gasteiger partial charge is 0.456 e. The van der Waals surface area contributed by atoms with Crippen molar-refractivity contribution in [3.63, 3.8) is 0 Å². The fourth-order valence-corrected chi connectivity index (χ4v) is 10.8. The monoisotopic (exact) mass is 762 g/mol. The summed E-state index contributed by atoms with van der Waals surface area (Å²) in [6, 6.07) is 72.0. The Morgan fingerprint density at radius 3 is 1.52 bits per heavy atom. The Kier molecular flexibility index (Phi) is 6.85. The second-order valence-corrected chi connectivity index (χ2v) is 17.2. The normalized spacial score (nSPS) is 13.3. The molecule has 1 aliphatic carbocycles. The molecule has 0 amide bonds. The zero-order valence-electron chi connectivity index (χ0n) is 33.4. The average molecular weight is 763 g/mol. The smallest absolute Gasteiger partial charge is 0.136 e. The summed E-state index contributed by atoms with van der Waals surface area (Å²) in [7, 11) is 0. The van der Waals surface area contributed by atoms with Crippen LogP contribution >= 0.6 is 0 Å². The minimum atomic E-state index is -0.141. The third kappa shape index (κ3) is 4.69. The van der Waals surface area contributed by atoms with Crippen molar-refractivity contribution in [2.24, 2.45) is 0 Å². The maximum absolute atomic E-state index is 6.28. The maximum atomic E-state index is 6.28. The van der Waals surface area contributed by atoms with Gasteiger partial charge < -0.3 is 4.42 Å². The summed E-state index contributed by atoms with van der Waals surface area (Å²) in [6.07, 6.45) is 0. The number of fused-ring (bicyclic) bond motifs is 13. The molecule has 1 heterocycles. The highest BCUT2D eigenvalue weighted by Gasteiger charge is 2.37. The van der Waals surface area contributed by atoms with Gasteiger partial charge in [-0.2, -0.15) is 0 Å². The van der Waals surface area contributed by atoms with Crippen LogP contribution in [-0.2, 0) is 5.41 Å². The first kappa shape index (κ1) is 33.5. The SMILES string of the molecule is CC1(C)c2ccc(-c3ccc4cc(-c5c6ccccc6c(-c6ccc7ccccc7c6)c6ccccc56)ccc4c3)cc2-c2ccc3c(ccc4oc5ccccc5c43)c21. The van der Waals surface area contributed by atoms with Crippen molar-refractivity contribution >= 4 is 75.8 Å². The van der Waals surface area contributed by atoms with E-state index in [0.717, 1.165) is 11.2 Å². The van der Waals surface area contributed by atoms with Crippen LogP contribution in [0.3, 0.4) is 0 Å². The highest BCUT2D eigenvalue weighted by atomic mass is 16.3. The van der Waals surface area contributed by atoms with Crippen molar-refractivity contribution in [3.8, 4) is 44.5 Å². The Bertz CT molecular complexity index is 3750. The predicted molar refractivity (Wildman–Crippen MR) is 255 cm³/mol. The first-order valence-corrected chi connectivity index (χ1v) is 21.0. The summed E-state index contributed by atoms with van der Waals surface area (Å²) >= 11 is 0. The lowest BCUT2D eigenvalue weighted by Crippen LogP contribution is -2.15. The van der Waals surface area contributed by atoms with E-state index in [2.05, 4.69) is 202 Å². The molecule has 12 aromatic rings. The van der Waals surface area contributed by atoms with Gasteiger partial charge in [0.05, 0.1) is 0 Å². The van der Waals surface area contributed by atoms with Crippen molar-refractivity contribution in [3.05, 3.63) is 205 Å². The van der Waals surface area contributed by atoms with Gasteiger partial charge in [0.15, 0.2) is 0 Å². The van der Waals surface area contributed by atoms with Gasteiger partial charge in [0, 0.05) is 16.2 Å². The fraction of sp³-hybridized carbons (Fsp3) is 0.0508. The summed E-state index contributed by atoms with van der Waals surface area (Å²) in [5.41, 5.74) is 14.7. The molecule has 0 aliphatic heterocycles. The van der Waals surface area contributed by atoms with Crippen LogP contribution in [0.5, 0.6) is 0 Å². The lowest BCUT2D eigenvalue weighted by molar-refractivity contribution is 0.665. The molecule has 1 heteroatoms. The van der Waals surface area contributed by atoms with Gasteiger partial charge in [-0.15, -0.1) is 0 Å². The molecular weight excluding hydrogens is 725 g/mol. The number of hydrogen-bond donors (Lipinski definition) is 0. The minimum absolute atomic E-state index is 0.141. The standard InChI is InChI=1S/C59H38O/c1-59(2)52-29-25-40(34-51(52)49-27-26-47-48(58(49)59)28-30-54-57(47)50-17-9-10-18-53(50)60-54)38-20-21-39-33-42(24-22-37(39)31-38)56-45-15-7-5-13-43(45)55(44-14-6-8-16-46(44)56)41-23-19-35-11-3-4-12-36(35)32-41/h3-34H,1-2H3. The molecule has 0 spiro atoms. The minimum Gasteiger partial charge on any atom is -0.456 e. The predicted octanol–water partition coefficient (Wildman–Crippen LogP) is 16.7. The van der Waals surface area contributed by atoms with Crippen LogP contribution in [0.4, 0.5) is 0 Å². The molecule has 1 aliphatic rings. The van der Waals surface area contributed by atoms with Gasteiger partial charge in [0.2, 0.25) is 0 Å². The van der Waals surface area contributed by atoms with Crippen LogP contribution < -0.4 is 0 Å². The van der Waals surface area contributed by atoms with Crippen molar-refractivity contribution in [1.82, 2.24) is 0 Å². The Morgan fingerprint density at radius 2 is 0.833 bits per heavy atom. The maximum Gasteiger partial charge on any atom is 0.136 e. The lowest BCUT2D eigenvalue weighted by atomic mass is 9.79. The second-order valence-electron chi connectivity index (χ2n) is 17.2. The molecule has 0 radical (unpaired) electrons. The molecule has 280 valence electrons. The van der Waals surface area contributed by atoms with Crippen molar-refractivity contribution < 1.29 is 4.42 Å². The Labute approximate surface area is 347 Å². The van der Waals surface area contributed by atoms with Gasteiger partial charge >= 0.3 is 0 Å². The van der Waals surface area contributed by atoms with E-state index < -0.39 is 0 Å². The summed E-state index contributed by atoms with van der Waals surface area (Å²) in [4.78, 5) is 0. The Morgan fingerprint density at radius 1 is 0.333 bits per heavy atom. The number of furan rings is 1. The van der Waals surface area contributed by atoms with E-state index in [-0.39, 0.29) is 5.41 Å². The van der Waals surface area contributed by atoms with E-state index in [1.807, 2.05) is 6.07 Å². The molecular formula is C59H38O. The van der Waals surface area contributed by atoms with E-state index in [4.69, 9.17) is 4.42 Å². The molecule has 13 rings (SSSR count). The number of hydrogen-bond acceptors (Lipinski definition) is 1. The van der Waals surface area contributed by atoms with Crippen molar-refractivity contribution in [2.45, 2.75) is 19.3 Å². The molecule has 1 nitrogen and oxygen atoms in total. The topological polar surface area (TPSA) is 13.1 Å². The molecule has 11 aromatic carbocycles. The van der Waals surface area contributed by atoms with Gasteiger partial charge in [-0.3, -0.25) is 0 Å². The molecule has 0 atom stereocenters. The van der Waals surface area contributed by atoms with Crippen molar-refractivity contribution in [1.29, 1.82) is 0 Å². The quantitative estimate of drug-likeness (QED) is 0.163. The summed E-state index contributed by atoms with van der Waals surface area (Å²) in [6.45, 7) is 4.76. The summed E-state index contributed by atoms with van der Waals surface area (Å²) in [5, 5.41) is 15.0. The molecule has 0 N–H and O–H groups in total.